The molecular weight excluding hydrogens is 330 g/mol. The van der Waals surface area contributed by atoms with Crippen LogP contribution in [-0.4, -0.2) is 48.0 Å². The second kappa shape index (κ2) is 5.14. The Bertz CT molecular complexity index is 550. The summed E-state index contributed by atoms with van der Waals surface area (Å²) in [7, 11) is 3.02. The van der Waals surface area contributed by atoms with E-state index in [0.29, 0.717) is 21.5 Å². The molecule has 1 fully saturated rings. The highest BCUT2D eigenvalue weighted by Gasteiger charge is 2.54. The first-order valence-corrected chi connectivity index (χ1v) is 6.78. The number of hydrogen-bond donors (Lipinski definition) is 2. The summed E-state index contributed by atoms with van der Waals surface area (Å²) in [5, 5.41) is 19.7. The summed E-state index contributed by atoms with van der Waals surface area (Å²) in [4.78, 5) is 12.2. The molecule has 0 saturated carbocycles. The van der Waals surface area contributed by atoms with Crippen molar-refractivity contribution in [2.75, 3.05) is 20.8 Å². The molecule has 0 aromatic heterocycles. The number of halogens is 1. The molecule has 1 saturated heterocycles. The van der Waals surface area contributed by atoms with Crippen molar-refractivity contribution < 1.29 is 24.5 Å². The minimum absolute atomic E-state index is 0.00461. The van der Waals surface area contributed by atoms with E-state index in [1.807, 2.05) is 0 Å². The van der Waals surface area contributed by atoms with Gasteiger partial charge < -0.3 is 19.7 Å². The van der Waals surface area contributed by atoms with Gasteiger partial charge in [0.05, 0.1) is 31.3 Å². The first-order valence-electron chi connectivity index (χ1n) is 5.99. The average molecular weight is 346 g/mol. The van der Waals surface area contributed by atoms with Crippen LogP contribution in [0.25, 0.3) is 0 Å². The fraction of sp³-hybridized carbons (Fsp3) is 0.462. The molecule has 20 heavy (non-hydrogen) atoms. The standard InChI is InChI=1S/C13H16BrNO5/c1-7-13(18,6-15(7)12(16)17)8-4-11(20-3)9(14)5-10(8)19-2/h4-5,7,18H,6H2,1-3H3,(H,16,17). The van der Waals surface area contributed by atoms with Crippen LogP contribution in [0, 0.1) is 0 Å². The third kappa shape index (κ3) is 2.10. The fourth-order valence-corrected chi connectivity index (χ4v) is 2.90. The molecule has 7 heteroatoms. The molecule has 1 amide bonds. The molecule has 1 aliphatic rings. The Morgan fingerprint density at radius 1 is 1.40 bits per heavy atom. The molecule has 1 heterocycles. The van der Waals surface area contributed by atoms with Crippen LogP contribution in [-0.2, 0) is 5.60 Å². The van der Waals surface area contributed by atoms with E-state index in [4.69, 9.17) is 14.6 Å². The van der Waals surface area contributed by atoms with Crippen LogP contribution >= 0.6 is 15.9 Å². The number of likely N-dealkylation sites (tertiary alicyclic amines) is 1. The lowest BCUT2D eigenvalue weighted by atomic mass is 9.78. The van der Waals surface area contributed by atoms with E-state index in [2.05, 4.69) is 15.9 Å². The molecule has 2 rings (SSSR count). The maximum Gasteiger partial charge on any atom is 0.407 e. The van der Waals surface area contributed by atoms with Gasteiger partial charge in [-0.25, -0.2) is 4.79 Å². The van der Waals surface area contributed by atoms with Gasteiger partial charge in [-0.1, -0.05) is 0 Å². The van der Waals surface area contributed by atoms with Crippen LogP contribution in [0.4, 0.5) is 4.79 Å². The maximum absolute atomic E-state index is 11.0. The quantitative estimate of drug-likeness (QED) is 0.876. The number of nitrogens with zero attached hydrogens (tertiary/aromatic N) is 1. The van der Waals surface area contributed by atoms with Crippen molar-refractivity contribution in [3.63, 3.8) is 0 Å². The molecule has 0 aliphatic carbocycles. The molecule has 0 radical (unpaired) electrons. The molecule has 1 aromatic rings. The summed E-state index contributed by atoms with van der Waals surface area (Å²) in [6.07, 6.45) is -1.05. The summed E-state index contributed by atoms with van der Waals surface area (Å²) in [5.74, 6) is 1.03. The van der Waals surface area contributed by atoms with Crippen molar-refractivity contribution in [1.29, 1.82) is 0 Å². The van der Waals surface area contributed by atoms with Crippen molar-refractivity contribution in [2.24, 2.45) is 0 Å². The minimum Gasteiger partial charge on any atom is -0.496 e. The van der Waals surface area contributed by atoms with Gasteiger partial charge in [0.1, 0.15) is 17.1 Å². The Morgan fingerprint density at radius 2 is 2.00 bits per heavy atom. The largest absolute Gasteiger partial charge is 0.496 e. The van der Waals surface area contributed by atoms with E-state index in [9.17, 15) is 9.90 Å². The third-order valence-corrected chi connectivity index (χ3v) is 4.38. The first-order chi connectivity index (χ1) is 9.35. The molecule has 2 atom stereocenters. The second-order valence-electron chi connectivity index (χ2n) is 4.70. The van der Waals surface area contributed by atoms with E-state index < -0.39 is 17.7 Å². The number of β-amino-alcohol motifs (C(OH)–C–C–N with tert-alkyl or cyclic N) is 1. The smallest absolute Gasteiger partial charge is 0.407 e. The number of amides is 1. The minimum atomic E-state index is -1.28. The van der Waals surface area contributed by atoms with E-state index >= 15 is 0 Å². The number of benzene rings is 1. The molecule has 2 N–H and O–H groups in total. The van der Waals surface area contributed by atoms with Gasteiger partial charge >= 0.3 is 6.09 Å². The lowest BCUT2D eigenvalue weighted by Crippen LogP contribution is -2.67. The lowest BCUT2D eigenvalue weighted by Gasteiger charge is -2.51. The van der Waals surface area contributed by atoms with Gasteiger partial charge in [-0.2, -0.15) is 0 Å². The highest BCUT2D eigenvalue weighted by molar-refractivity contribution is 9.10. The number of rotatable bonds is 3. The molecule has 110 valence electrons. The van der Waals surface area contributed by atoms with Crippen LogP contribution in [0.1, 0.15) is 12.5 Å². The van der Waals surface area contributed by atoms with E-state index in [0.717, 1.165) is 0 Å². The number of carboxylic acid groups (broad SMARTS) is 1. The summed E-state index contributed by atoms with van der Waals surface area (Å²) in [6, 6.07) is 2.81. The Morgan fingerprint density at radius 3 is 2.45 bits per heavy atom. The Hall–Kier alpha value is -1.47. The van der Waals surface area contributed by atoms with Crippen molar-refractivity contribution in [2.45, 2.75) is 18.6 Å². The van der Waals surface area contributed by atoms with Gasteiger partial charge in [-0.05, 0) is 35.0 Å². The number of hydrogen-bond acceptors (Lipinski definition) is 4. The zero-order chi connectivity index (χ0) is 15.1. The molecule has 1 aromatic carbocycles. The predicted octanol–water partition coefficient (Wildman–Crippen LogP) is 2.04. The zero-order valence-electron chi connectivity index (χ0n) is 11.4. The molecule has 0 spiro atoms. The van der Waals surface area contributed by atoms with Crippen LogP contribution in [0.2, 0.25) is 0 Å². The highest BCUT2D eigenvalue weighted by Crippen LogP contribution is 2.45. The normalized spacial score (nSPS) is 25.1. The summed E-state index contributed by atoms with van der Waals surface area (Å²) >= 11 is 3.35. The van der Waals surface area contributed by atoms with Crippen molar-refractivity contribution >= 4 is 22.0 Å². The van der Waals surface area contributed by atoms with E-state index in [1.54, 1.807) is 19.1 Å². The lowest BCUT2D eigenvalue weighted by molar-refractivity contribution is -0.136. The summed E-state index contributed by atoms with van der Waals surface area (Å²) in [5.41, 5.74) is -0.761. The second-order valence-corrected chi connectivity index (χ2v) is 5.55. The Labute approximate surface area is 125 Å². The molecule has 1 aliphatic heterocycles. The van der Waals surface area contributed by atoms with Gasteiger partial charge in [0, 0.05) is 5.56 Å². The van der Waals surface area contributed by atoms with Gasteiger partial charge in [-0.3, -0.25) is 4.90 Å². The average Bonchev–Trinajstić information content (AvgIpc) is 2.43. The number of carbonyl (C=O) groups is 1. The fourth-order valence-electron chi connectivity index (χ4n) is 2.42. The van der Waals surface area contributed by atoms with E-state index in [-0.39, 0.29) is 6.54 Å². The third-order valence-electron chi connectivity index (χ3n) is 3.76. The zero-order valence-corrected chi connectivity index (χ0v) is 13.0. The number of ether oxygens (including phenoxy) is 2. The highest BCUT2D eigenvalue weighted by atomic mass is 79.9. The number of aliphatic hydroxyl groups is 1. The first kappa shape index (κ1) is 14.9. The van der Waals surface area contributed by atoms with E-state index in [1.165, 1.54) is 19.1 Å². The molecule has 0 bridgehead atoms. The van der Waals surface area contributed by atoms with Crippen LogP contribution < -0.4 is 9.47 Å². The SMILES string of the molecule is COc1cc(C2(O)CN(C(=O)O)C2C)c(OC)cc1Br. The van der Waals surface area contributed by atoms with Crippen molar-refractivity contribution in [1.82, 2.24) is 4.90 Å². The van der Waals surface area contributed by atoms with Crippen molar-refractivity contribution in [3.05, 3.63) is 22.2 Å². The van der Waals surface area contributed by atoms with Gasteiger partial charge in [0.25, 0.3) is 0 Å². The molecule has 2 unspecified atom stereocenters. The van der Waals surface area contributed by atoms with Gasteiger partial charge in [-0.15, -0.1) is 0 Å². The molecular formula is C13H16BrNO5. The molecule has 6 nitrogen and oxygen atoms in total. The Balaban J connectivity index is 2.45. The summed E-state index contributed by atoms with van der Waals surface area (Å²) < 4.78 is 11.2. The maximum atomic E-state index is 11.0. The Kier molecular flexibility index (Phi) is 3.84. The van der Waals surface area contributed by atoms with Crippen LogP contribution in [0.3, 0.4) is 0 Å². The van der Waals surface area contributed by atoms with Gasteiger partial charge in [0.2, 0.25) is 0 Å². The van der Waals surface area contributed by atoms with Gasteiger partial charge in [0.15, 0.2) is 0 Å². The monoisotopic (exact) mass is 345 g/mol. The van der Waals surface area contributed by atoms with Crippen molar-refractivity contribution in [3.8, 4) is 11.5 Å². The summed E-state index contributed by atoms with van der Waals surface area (Å²) in [6.45, 7) is 1.66. The van der Waals surface area contributed by atoms with Crippen LogP contribution in [0.15, 0.2) is 16.6 Å². The van der Waals surface area contributed by atoms with Crippen LogP contribution in [0.5, 0.6) is 11.5 Å². The predicted molar refractivity (Wildman–Crippen MR) is 75.3 cm³/mol. The number of methoxy groups -OCH3 is 2. The topological polar surface area (TPSA) is 79.2 Å².